The minimum atomic E-state index is 0.0973. The summed E-state index contributed by atoms with van der Waals surface area (Å²) >= 11 is 0. The quantitative estimate of drug-likeness (QED) is 0.828. The molecule has 0 heterocycles. The van der Waals surface area contributed by atoms with Crippen molar-refractivity contribution < 1.29 is 14.6 Å². The van der Waals surface area contributed by atoms with Crippen LogP contribution in [0.3, 0.4) is 0 Å². The average molecular weight is 238 g/mol. The lowest BCUT2D eigenvalue weighted by Gasteiger charge is -2.20. The fraction of sp³-hybridized carbons (Fsp3) is 0.571. The summed E-state index contributed by atoms with van der Waals surface area (Å²) in [4.78, 5) is 0. The predicted molar refractivity (Wildman–Crippen MR) is 68.8 cm³/mol. The van der Waals surface area contributed by atoms with Crippen molar-refractivity contribution in [1.82, 2.24) is 0 Å². The zero-order chi connectivity index (χ0) is 12.8. The van der Waals surface area contributed by atoms with Gasteiger partial charge < -0.3 is 14.6 Å². The summed E-state index contributed by atoms with van der Waals surface area (Å²) in [5, 5.41) is 9.52. The van der Waals surface area contributed by atoms with Crippen molar-refractivity contribution in [3.8, 4) is 11.5 Å². The van der Waals surface area contributed by atoms with Crippen LogP contribution in [0.15, 0.2) is 18.2 Å². The number of aliphatic hydroxyl groups excluding tert-OH is 1. The Morgan fingerprint density at radius 3 is 2.35 bits per heavy atom. The highest BCUT2D eigenvalue weighted by molar-refractivity contribution is 5.42. The molecule has 1 unspecified atom stereocenters. The van der Waals surface area contributed by atoms with Gasteiger partial charge in [-0.2, -0.15) is 0 Å². The number of methoxy groups -OCH3 is 2. The van der Waals surface area contributed by atoms with E-state index in [2.05, 4.69) is 13.8 Å². The molecule has 1 N–H and O–H groups in total. The van der Waals surface area contributed by atoms with Gasteiger partial charge >= 0.3 is 0 Å². The number of hydrogen-bond acceptors (Lipinski definition) is 3. The van der Waals surface area contributed by atoms with E-state index in [9.17, 15) is 5.11 Å². The fourth-order valence-electron chi connectivity index (χ4n) is 2.03. The Morgan fingerprint density at radius 2 is 1.88 bits per heavy atom. The zero-order valence-corrected chi connectivity index (χ0v) is 11.1. The van der Waals surface area contributed by atoms with Crippen LogP contribution < -0.4 is 9.47 Å². The van der Waals surface area contributed by atoms with Crippen molar-refractivity contribution in [1.29, 1.82) is 0 Å². The lowest BCUT2D eigenvalue weighted by atomic mass is 9.90. The number of aliphatic hydroxyl groups is 1. The second-order valence-electron chi connectivity index (χ2n) is 4.62. The second kappa shape index (κ2) is 6.50. The summed E-state index contributed by atoms with van der Waals surface area (Å²) in [6, 6.07) is 5.70. The smallest absolute Gasteiger partial charge is 0.122 e. The SMILES string of the molecule is COc1ccc(OC)c(C(CO)CC(C)C)c1. The Hall–Kier alpha value is -1.22. The van der Waals surface area contributed by atoms with Crippen molar-refractivity contribution in [2.75, 3.05) is 20.8 Å². The first-order chi connectivity index (χ1) is 8.12. The Morgan fingerprint density at radius 1 is 1.18 bits per heavy atom. The third-order valence-corrected chi connectivity index (χ3v) is 2.85. The molecule has 0 saturated heterocycles. The number of hydrogen-bond donors (Lipinski definition) is 1. The third kappa shape index (κ3) is 3.63. The van der Waals surface area contributed by atoms with E-state index in [0.29, 0.717) is 5.92 Å². The van der Waals surface area contributed by atoms with E-state index in [1.807, 2.05) is 18.2 Å². The molecule has 0 fully saturated rings. The Balaban J connectivity index is 3.05. The summed E-state index contributed by atoms with van der Waals surface area (Å²) in [7, 11) is 3.29. The van der Waals surface area contributed by atoms with E-state index in [-0.39, 0.29) is 12.5 Å². The molecule has 3 nitrogen and oxygen atoms in total. The molecule has 0 saturated carbocycles. The molecule has 0 radical (unpaired) electrons. The summed E-state index contributed by atoms with van der Waals surface area (Å²) in [5.74, 6) is 2.23. The van der Waals surface area contributed by atoms with Crippen LogP contribution in [0.4, 0.5) is 0 Å². The van der Waals surface area contributed by atoms with Gasteiger partial charge in [-0.1, -0.05) is 13.8 Å². The highest BCUT2D eigenvalue weighted by Crippen LogP contribution is 2.33. The van der Waals surface area contributed by atoms with Crippen molar-refractivity contribution >= 4 is 0 Å². The molecular weight excluding hydrogens is 216 g/mol. The highest BCUT2D eigenvalue weighted by Gasteiger charge is 2.17. The minimum absolute atomic E-state index is 0.0973. The van der Waals surface area contributed by atoms with Gasteiger partial charge in [0.25, 0.3) is 0 Å². The predicted octanol–water partition coefficient (Wildman–Crippen LogP) is 2.83. The standard InChI is InChI=1S/C14H22O3/c1-10(2)7-11(9-15)13-8-12(16-3)5-6-14(13)17-4/h5-6,8,10-11,15H,7,9H2,1-4H3. The molecule has 96 valence electrons. The third-order valence-electron chi connectivity index (χ3n) is 2.85. The van der Waals surface area contributed by atoms with Gasteiger partial charge in [0.15, 0.2) is 0 Å². The van der Waals surface area contributed by atoms with E-state index in [1.165, 1.54) is 0 Å². The topological polar surface area (TPSA) is 38.7 Å². The first kappa shape index (κ1) is 13.8. The van der Waals surface area contributed by atoms with Crippen LogP contribution >= 0.6 is 0 Å². The summed E-state index contributed by atoms with van der Waals surface area (Å²) in [6.07, 6.45) is 0.931. The van der Waals surface area contributed by atoms with Gasteiger partial charge in [-0.05, 0) is 30.5 Å². The average Bonchev–Trinajstić information content (AvgIpc) is 2.34. The van der Waals surface area contributed by atoms with Crippen LogP contribution in [-0.4, -0.2) is 25.9 Å². The summed E-state index contributed by atoms with van der Waals surface area (Å²) in [6.45, 7) is 4.42. The number of benzene rings is 1. The van der Waals surface area contributed by atoms with Crippen molar-refractivity contribution in [3.05, 3.63) is 23.8 Å². The maximum atomic E-state index is 9.52. The molecular formula is C14H22O3. The molecule has 17 heavy (non-hydrogen) atoms. The van der Waals surface area contributed by atoms with Crippen molar-refractivity contribution in [2.45, 2.75) is 26.2 Å². The normalized spacial score (nSPS) is 12.6. The van der Waals surface area contributed by atoms with Crippen LogP contribution in [0.25, 0.3) is 0 Å². The Bertz CT molecular complexity index is 347. The van der Waals surface area contributed by atoms with Gasteiger partial charge in [0, 0.05) is 11.5 Å². The van der Waals surface area contributed by atoms with E-state index in [4.69, 9.17) is 9.47 Å². The lowest BCUT2D eigenvalue weighted by molar-refractivity contribution is 0.245. The second-order valence-corrected chi connectivity index (χ2v) is 4.62. The lowest BCUT2D eigenvalue weighted by Crippen LogP contribution is -2.09. The number of rotatable bonds is 6. The van der Waals surface area contributed by atoms with Gasteiger partial charge in [-0.25, -0.2) is 0 Å². The van der Waals surface area contributed by atoms with E-state index >= 15 is 0 Å². The highest BCUT2D eigenvalue weighted by atomic mass is 16.5. The Kier molecular flexibility index (Phi) is 5.29. The van der Waals surface area contributed by atoms with Crippen LogP contribution in [0.5, 0.6) is 11.5 Å². The van der Waals surface area contributed by atoms with Crippen LogP contribution in [0, 0.1) is 5.92 Å². The molecule has 0 spiro atoms. The Labute approximate surface area is 103 Å². The van der Waals surface area contributed by atoms with Crippen molar-refractivity contribution in [2.24, 2.45) is 5.92 Å². The number of ether oxygens (including phenoxy) is 2. The van der Waals surface area contributed by atoms with E-state index in [1.54, 1.807) is 14.2 Å². The largest absolute Gasteiger partial charge is 0.497 e. The molecule has 3 heteroatoms. The fourth-order valence-corrected chi connectivity index (χ4v) is 2.03. The van der Waals surface area contributed by atoms with Gasteiger partial charge in [-0.15, -0.1) is 0 Å². The maximum Gasteiger partial charge on any atom is 0.122 e. The molecule has 0 aliphatic carbocycles. The molecule has 0 bridgehead atoms. The van der Waals surface area contributed by atoms with Gasteiger partial charge in [0.05, 0.1) is 20.8 Å². The van der Waals surface area contributed by atoms with Crippen LogP contribution in [0.2, 0.25) is 0 Å². The van der Waals surface area contributed by atoms with E-state index in [0.717, 1.165) is 23.5 Å². The summed E-state index contributed by atoms with van der Waals surface area (Å²) < 4.78 is 10.6. The molecule has 1 aromatic carbocycles. The zero-order valence-electron chi connectivity index (χ0n) is 11.1. The summed E-state index contributed by atoms with van der Waals surface area (Å²) in [5.41, 5.74) is 1.02. The molecule has 1 atom stereocenters. The molecule has 0 aliphatic heterocycles. The maximum absolute atomic E-state index is 9.52. The molecule has 0 aromatic heterocycles. The molecule has 0 amide bonds. The molecule has 1 rings (SSSR count). The van der Waals surface area contributed by atoms with Crippen molar-refractivity contribution in [3.63, 3.8) is 0 Å². The van der Waals surface area contributed by atoms with E-state index < -0.39 is 0 Å². The first-order valence-corrected chi connectivity index (χ1v) is 5.95. The van der Waals surface area contributed by atoms with Crippen LogP contribution in [0.1, 0.15) is 31.7 Å². The molecule has 0 aliphatic rings. The van der Waals surface area contributed by atoms with Gasteiger partial charge in [0.2, 0.25) is 0 Å². The minimum Gasteiger partial charge on any atom is -0.497 e. The molecule has 1 aromatic rings. The van der Waals surface area contributed by atoms with Crippen LogP contribution in [-0.2, 0) is 0 Å². The van der Waals surface area contributed by atoms with Gasteiger partial charge in [0.1, 0.15) is 11.5 Å². The first-order valence-electron chi connectivity index (χ1n) is 5.95. The van der Waals surface area contributed by atoms with Gasteiger partial charge in [-0.3, -0.25) is 0 Å². The monoisotopic (exact) mass is 238 g/mol.